The molecule has 5 heteroatoms. The Morgan fingerprint density at radius 2 is 1.49 bits per heavy atom. The molecule has 0 radical (unpaired) electrons. The van der Waals surface area contributed by atoms with Gasteiger partial charge in [0, 0.05) is 24.2 Å². The molecule has 37 heavy (non-hydrogen) atoms. The first kappa shape index (κ1) is 24.4. The molecule has 1 N–H and O–H groups in total. The van der Waals surface area contributed by atoms with E-state index in [2.05, 4.69) is 72.9 Å². The highest BCUT2D eigenvalue weighted by molar-refractivity contribution is 5.95. The Hall–Kier alpha value is -4.25. The summed E-state index contributed by atoms with van der Waals surface area (Å²) < 4.78 is 1.87. The average molecular weight is 489 g/mol. The van der Waals surface area contributed by atoms with Crippen molar-refractivity contribution in [2.24, 2.45) is 0 Å². The third kappa shape index (κ3) is 5.17. The second kappa shape index (κ2) is 11.2. The van der Waals surface area contributed by atoms with E-state index in [1.165, 1.54) is 11.1 Å². The second-order valence-corrected chi connectivity index (χ2v) is 9.35. The Balaban J connectivity index is 1.40. The topological polar surface area (TPSA) is 59.3 Å². The molecule has 0 spiro atoms. The van der Waals surface area contributed by atoms with Crippen molar-refractivity contribution in [2.45, 2.75) is 39.0 Å². The lowest BCUT2D eigenvalue weighted by Crippen LogP contribution is -2.28. The summed E-state index contributed by atoms with van der Waals surface area (Å²) in [5, 5.41) is 7.98. The van der Waals surface area contributed by atoms with E-state index in [0.29, 0.717) is 12.1 Å². The zero-order chi connectivity index (χ0) is 25.6. The SMILES string of the molecule is CCCc1c(C(=O)NCCC(c2ccccc2)c2ccccc2)cnc2c(-c3ccccc3)c(C)nn12. The molecule has 0 saturated heterocycles. The second-order valence-electron chi connectivity index (χ2n) is 9.35. The van der Waals surface area contributed by atoms with Gasteiger partial charge in [0.05, 0.1) is 17.0 Å². The average Bonchev–Trinajstić information content (AvgIpc) is 3.29. The minimum Gasteiger partial charge on any atom is -0.352 e. The summed E-state index contributed by atoms with van der Waals surface area (Å²) in [6.07, 6.45) is 4.17. The largest absolute Gasteiger partial charge is 0.352 e. The highest BCUT2D eigenvalue weighted by Gasteiger charge is 2.21. The molecule has 2 aromatic heterocycles. The molecule has 5 rings (SSSR count). The van der Waals surface area contributed by atoms with E-state index >= 15 is 0 Å². The zero-order valence-corrected chi connectivity index (χ0v) is 21.4. The van der Waals surface area contributed by atoms with Gasteiger partial charge in [-0.25, -0.2) is 9.50 Å². The molecule has 1 amide bonds. The highest BCUT2D eigenvalue weighted by atomic mass is 16.1. The van der Waals surface area contributed by atoms with Gasteiger partial charge in [-0.15, -0.1) is 0 Å². The van der Waals surface area contributed by atoms with Crippen LogP contribution >= 0.6 is 0 Å². The van der Waals surface area contributed by atoms with Crippen LogP contribution in [0.4, 0.5) is 0 Å². The van der Waals surface area contributed by atoms with Crippen molar-refractivity contribution in [3.8, 4) is 11.1 Å². The van der Waals surface area contributed by atoms with Gasteiger partial charge in [-0.2, -0.15) is 5.10 Å². The summed E-state index contributed by atoms with van der Waals surface area (Å²) in [6.45, 7) is 4.68. The fourth-order valence-corrected chi connectivity index (χ4v) is 5.07. The Morgan fingerprint density at radius 1 is 0.892 bits per heavy atom. The number of nitrogens with one attached hydrogen (secondary N) is 1. The summed E-state index contributed by atoms with van der Waals surface area (Å²) in [6, 6.07) is 31.1. The lowest BCUT2D eigenvalue weighted by molar-refractivity contribution is 0.0950. The molecule has 0 aliphatic heterocycles. The number of benzene rings is 3. The Kier molecular flexibility index (Phi) is 7.41. The molecule has 2 heterocycles. The third-order valence-corrected chi connectivity index (χ3v) is 6.83. The number of carbonyl (C=O) groups is 1. The smallest absolute Gasteiger partial charge is 0.254 e. The van der Waals surface area contributed by atoms with Gasteiger partial charge in [-0.3, -0.25) is 4.79 Å². The molecule has 5 nitrogen and oxygen atoms in total. The number of nitrogens with zero attached hydrogens (tertiary/aromatic N) is 3. The van der Waals surface area contributed by atoms with E-state index in [1.54, 1.807) is 6.20 Å². The maximum atomic E-state index is 13.4. The van der Waals surface area contributed by atoms with Gasteiger partial charge in [0.15, 0.2) is 5.65 Å². The summed E-state index contributed by atoms with van der Waals surface area (Å²) in [5.74, 6) is 0.104. The maximum Gasteiger partial charge on any atom is 0.254 e. The van der Waals surface area contributed by atoms with Crippen LogP contribution in [-0.2, 0) is 6.42 Å². The summed E-state index contributed by atoms with van der Waals surface area (Å²) in [7, 11) is 0. The van der Waals surface area contributed by atoms with E-state index in [9.17, 15) is 4.79 Å². The standard InChI is InChI=1S/C32H32N4O/c1-3-13-29-28(22-34-31-30(23(2)35-36(29)31)26-18-11-6-12-19-26)32(37)33-21-20-27(24-14-7-4-8-15-24)25-16-9-5-10-17-25/h4-12,14-19,22,27H,3,13,20-21H2,1-2H3,(H,33,37). The maximum absolute atomic E-state index is 13.4. The molecule has 0 atom stereocenters. The van der Waals surface area contributed by atoms with Crippen LogP contribution in [0.5, 0.6) is 0 Å². The third-order valence-electron chi connectivity index (χ3n) is 6.83. The van der Waals surface area contributed by atoms with Crippen LogP contribution in [0.25, 0.3) is 16.8 Å². The van der Waals surface area contributed by atoms with Crippen molar-refractivity contribution < 1.29 is 4.79 Å². The minimum atomic E-state index is -0.105. The van der Waals surface area contributed by atoms with Crippen LogP contribution in [0.15, 0.2) is 97.2 Å². The van der Waals surface area contributed by atoms with E-state index in [4.69, 9.17) is 10.1 Å². The molecule has 5 aromatic rings. The van der Waals surface area contributed by atoms with Crippen molar-refractivity contribution in [1.82, 2.24) is 19.9 Å². The molecule has 0 aliphatic rings. The van der Waals surface area contributed by atoms with Crippen molar-refractivity contribution in [2.75, 3.05) is 6.54 Å². The van der Waals surface area contributed by atoms with Crippen molar-refractivity contribution >= 4 is 11.6 Å². The first-order chi connectivity index (χ1) is 18.2. The number of hydrogen-bond acceptors (Lipinski definition) is 3. The monoisotopic (exact) mass is 488 g/mol. The van der Waals surface area contributed by atoms with Crippen LogP contribution in [0.1, 0.15) is 58.6 Å². The molecule has 0 unspecified atom stereocenters. The molecule has 3 aromatic carbocycles. The van der Waals surface area contributed by atoms with E-state index in [-0.39, 0.29) is 11.8 Å². The van der Waals surface area contributed by atoms with Gasteiger partial charge < -0.3 is 5.32 Å². The van der Waals surface area contributed by atoms with Crippen LogP contribution in [0.3, 0.4) is 0 Å². The normalized spacial score (nSPS) is 11.2. The molecular formula is C32H32N4O. The van der Waals surface area contributed by atoms with Crippen LogP contribution in [0, 0.1) is 6.92 Å². The molecule has 0 fully saturated rings. The lowest BCUT2D eigenvalue weighted by Gasteiger charge is -2.19. The van der Waals surface area contributed by atoms with Gasteiger partial charge in [-0.1, -0.05) is 104 Å². The Morgan fingerprint density at radius 3 is 2.08 bits per heavy atom. The van der Waals surface area contributed by atoms with Crippen molar-refractivity contribution in [1.29, 1.82) is 0 Å². The van der Waals surface area contributed by atoms with Gasteiger partial charge in [0.2, 0.25) is 0 Å². The van der Waals surface area contributed by atoms with E-state index in [1.807, 2.05) is 41.8 Å². The number of hydrogen-bond donors (Lipinski definition) is 1. The van der Waals surface area contributed by atoms with Gasteiger partial charge in [0.25, 0.3) is 5.91 Å². The number of aryl methyl sites for hydroxylation is 2. The van der Waals surface area contributed by atoms with Gasteiger partial charge >= 0.3 is 0 Å². The number of fused-ring (bicyclic) bond motifs is 1. The fraction of sp³-hybridized carbons (Fsp3) is 0.219. The number of aromatic nitrogens is 3. The summed E-state index contributed by atoms with van der Waals surface area (Å²) >= 11 is 0. The minimum absolute atomic E-state index is 0.105. The van der Waals surface area contributed by atoms with Crippen LogP contribution in [0.2, 0.25) is 0 Å². The lowest BCUT2D eigenvalue weighted by atomic mass is 9.88. The van der Waals surface area contributed by atoms with Crippen molar-refractivity contribution in [3.05, 3.63) is 125 Å². The molecule has 0 bridgehead atoms. The van der Waals surface area contributed by atoms with E-state index in [0.717, 1.165) is 47.4 Å². The molecule has 0 saturated carbocycles. The van der Waals surface area contributed by atoms with Crippen LogP contribution in [-0.4, -0.2) is 27.0 Å². The number of carbonyl (C=O) groups excluding carboxylic acids is 1. The zero-order valence-electron chi connectivity index (χ0n) is 21.4. The predicted molar refractivity (Wildman–Crippen MR) is 149 cm³/mol. The highest BCUT2D eigenvalue weighted by Crippen LogP contribution is 2.29. The number of rotatable bonds is 9. The first-order valence-electron chi connectivity index (χ1n) is 13.0. The summed E-state index contributed by atoms with van der Waals surface area (Å²) in [5.41, 5.74) is 7.77. The summed E-state index contributed by atoms with van der Waals surface area (Å²) in [4.78, 5) is 18.1. The van der Waals surface area contributed by atoms with E-state index < -0.39 is 0 Å². The molecular weight excluding hydrogens is 456 g/mol. The predicted octanol–water partition coefficient (Wildman–Crippen LogP) is 6.61. The van der Waals surface area contributed by atoms with Crippen molar-refractivity contribution in [3.63, 3.8) is 0 Å². The fourth-order valence-electron chi connectivity index (χ4n) is 5.07. The number of amides is 1. The van der Waals surface area contributed by atoms with Crippen LogP contribution < -0.4 is 5.32 Å². The van der Waals surface area contributed by atoms with Gasteiger partial charge in [-0.05, 0) is 36.5 Å². The molecule has 0 aliphatic carbocycles. The Bertz CT molecular complexity index is 1440. The Labute approximate surface area is 218 Å². The first-order valence-corrected chi connectivity index (χ1v) is 13.0. The molecule has 186 valence electrons. The van der Waals surface area contributed by atoms with Gasteiger partial charge in [0.1, 0.15) is 0 Å². The quantitative estimate of drug-likeness (QED) is 0.254.